The fraction of sp³-hybridized carbons (Fsp3) is 0.538. The van der Waals surface area contributed by atoms with Gasteiger partial charge >= 0.3 is 6.03 Å². The van der Waals surface area contributed by atoms with Gasteiger partial charge in [-0.05, 0) is 51.7 Å². The number of fused-ring (bicyclic) bond motifs is 1. The minimum atomic E-state index is -1.18. The highest BCUT2D eigenvalue weighted by atomic mass is 19.1. The van der Waals surface area contributed by atoms with Gasteiger partial charge in [0.15, 0.2) is 12.2 Å². The Morgan fingerprint density at radius 3 is 2.59 bits per heavy atom. The van der Waals surface area contributed by atoms with Crippen molar-refractivity contribution < 1.29 is 23.3 Å². The van der Waals surface area contributed by atoms with Crippen molar-refractivity contribution >= 4 is 35.7 Å². The minimum absolute atomic E-state index is 0.0396. The summed E-state index contributed by atoms with van der Waals surface area (Å²) in [6.07, 6.45) is 3.95. The van der Waals surface area contributed by atoms with Crippen LogP contribution in [0.1, 0.15) is 38.1 Å². The van der Waals surface area contributed by atoms with E-state index in [9.17, 15) is 18.8 Å². The number of imide groups is 1. The monoisotopic (exact) mass is 540 g/mol. The molecule has 0 aromatic carbocycles. The number of aliphatic imine (C=N–C) groups is 1. The molecular weight excluding hydrogens is 507 g/mol. The summed E-state index contributed by atoms with van der Waals surface area (Å²) in [5, 5.41) is 6.64. The molecule has 13 heteroatoms. The number of hydrogen-bond donors (Lipinski definition) is 1. The van der Waals surface area contributed by atoms with E-state index in [4.69, 9.17) is 4.52 Å². The number of urea groups is 1. The molecule has 0 saturated carbocycles. The number of aryl methyl sites for hydroxylation is 1. The first-order valence-electron chi connectivity index (χ1n) is 13.0. The minimum Gasteiger partial charge on any atom is -0.370 e. The Hall–Kier alpha value is -4.03. The molecule has 3 aliphatic rings. The fourth-order valence-corrected chi connectivity index (χ4v) is 5.38. The maximum Gasteiger partial charge on any atom is 0.328 e. The van der Waals surface area contributed by atoms with E-state index < -0.39 is 29.8 Å². The molecule has 5 rings (SSSR count). The van der Waals surface area contributed by atoms with Crippen molar-refractivity contribution in [2.45, 2.75) is 58.0 Å². The van der Waals surface area contributed by atoms with Gasteiger partial charge in [0, 0.05) is 26.2 Å². The molecule has 2 unspecified atom stereocenters. The molecule has 0 aliphatic carbocycles. The number of hydrogen-bond acceptors (Lipinski definition) is 9. The van der Waals surface area contributed by atoms with E-state index in [-0.39, 0.29) is 24.9 Å². The first-order valence-corrected chi connectivity index (χ1v) is 13.0. The highest BCUT2D eigenvalue weighted by Crippen LogP contribution is 2.33. The number of rotatable bonds is 7. The molecule has 39 heavy (non-hydrogen) atoms. The SMILES string of the molecule is Cc1cc(CN2C(=O)C3C(N=CN3CC(=O)Nc3ccc(N4CCC(C(C)(C)F)CC4)cn3)N(C)C2=O)no1. The second-order valence-corrected chi connectivity index (χ2v) is 10.8. The number of halogens is 1. The van der Waals surface area contributed by atoms with Gasteiger partial charge in [-0.3, -0.25) is 14.5 Å². The van der Waals surface area contributed by atoms with Crippen molar-refractivity contribution in [2.75, 3.05) is 36.9 Å². The van der Waals surface area contributed by atoms with Crippen molar-refractivity contribution in [1.29, 1.82) is 0 Å². The molecule has 2 atom stereocenters. The number of alkyl halides is 1. The summed E-state index contributed by atoms with van der Waals surface area (Å²) in [6, 6.07) is 3.94. The molecule has 3 aliphatic heterocycles. The highest BCUT2D eigenvalue weighted by molar-refractivity contribution is 6.03. The molecule has 1 N–H and O–H groups in total. The Morgan fingerprint density at radius 1 is 1.23 bits per heavy atom. The maximum atomic E-state index is 14.3. The lowest BCUT2D eigenvalue weighted by molar-refractivity contribution is -0.138. The summed E-state index contributed by atoms with van der Waals surface area (Å²) in [4.78, 5) is 53.9. The van der Waals surface area contributed by atoms with E-state index in [1.807, 2.05) is 6.07 Å². The van der Waals surface area contributed by atoms with Crippen molar-refractivity contribution in [3.05, 3.63) is 35.9 Å². The van der Waals surface area contributed by atoms with Crippen LogP contribution in [0.4, 0.5) is 20.7 Å². The van der Waals surface area contributed by atoms with E-state index in [1.54, 1.807) is 46.1 Å². The molecule has 0 bridgehead atoms. The van der Waals surface area contributed by atoms with Gasteiger partial charge in [0.05, 0.1) is 31.3 Å². The van der Waals surface area contributed by atoms with Gasteiger partial charge in [0.25, 0.3) is 5.91 Å². The van der Waals surface area contributed by atoms with E-state index in [0.717, 1.165) is 36.5 Å². The first-order chi connectivity index (χ1) is 18.5. The van der Waals surface area contributed by atoms with Crippen LogP contribution >= 0.6 is 0 Å². The Labute approximate surface area is 225 Å². The van der Waals surface area contributed by atoms with E-state index in [1.165, 1.54) is 16.1 Å². The van der Waals surface area contributed by atoms with Gasteiger partial charge in [0.1, 0.15) is 22.9 Å². The summed E-state index contributed by atoms with van der Waals surface area (Å²) < 4.78 is 19.3. The fourth-order valence-electron chi connectivity index (χ4n) is 5.38. The van der Waals surface area contributed by atoms with Crippen LogP contribution in [-0.2, 0) is 16.1 Å². The summed E-state index contributed by atoms with van der Waals surface area (Å²) >= 11 is 0. The molecule has 2 aromatic heterocycles. The number of likely N-dealkylation sites (N-methyl/N-ethyl adjacent to an activating group) is 1. The standard InChI is InChI=1S/C26H33FN8O4/c1-16-11-18(31-39-16)13-35-24(37)22-23(32(4)25(35)38)29-15-34(22)14-21(36)30-20-6-5-19(12-28-20)33-9-7-17(8-10-33)26(2,3)27/h5-6,11-12,15,17,22-23H,7-10,13-14H2,1-4H3,(H,28,30,36). The Bertz CT molecular complexity index is 1270. The van der Waals surface area contributed by atoms with Gasteiger partial charge in [-0.25, -0.2) is 19.2 Å². The van der Waals surface area contributed by atoms with Crippen LogP contribution in [0.15, 0.2) is 33.9 Å². The van der Waals surface area contributed by atoms with Crippen LogP contribution in [0, 0.1) is 12.8 Å². The summed E-state index contributed by atoms with van der Waals surface area (Å²) in [5.74, 6) is 0.154. The van der Waals surface area contributed by atoms with Gasteiger partial charge < -0.3 is 24.5 Å². The molecule has 5 heterocycles. The molecule has 2 fully saturated rings. The third-order valence-electron chi connectivity index (χ3n) is 7.63. The molecule has 2 saturated heterocycles. The van der Waals surface area contributed by atoms with Crippen molar-refractivity contribution in [3.8, 4) is 0 Å². The number of pyridine rings is 1. The zero-order valence-electron chi connectivity index (χ0n) is 22.5. The van der Waals surface area contributed by atoms with Crippen LogP contribution in [-0.4, -0.2) is 93.6 Å². The van der Waals surface area contributed by atoms with Gasteiger partial charge in [-0.1, -0.05) is 5.16 Å². The van der Waals surface area contributed by atoms with Crippen molar-refractivity contribution in [1.82, 2.24) is 24.8 Å². The molecule has 4 amide bonds. The van der Waals surface area contributed by atoms with E-state index in [0.29, 0.717) is 17.3 Å². The summed E-state index contributed by atoms with van der Waals surface area (Å²) in [5.41, 5.74) is 0.190. The average Bonchev–Trinajstić information content (AvgIpc) is 3.51. The number of carbonyl (C=O) groups is 3. The van der Waals surface area contributed by atoms with Crippen molar-refractivity contribution in [3.63, 3.8) is 0 Å². The lowest BCUT2D eigenvalue weighted by Crippen LogP contribution is -2.64. The van der Waals surface area contributed by atoms with Crippen LogP contribution in [0.3, 0.4) is 0 Å². The molecule has 12 nitrogen and oxygen atoms in total. The van der Waals surface area contributed by atoms with Crippen molar-refractivity contribution in [2.24, 2.45) is 10.9 Å². The second kappa shape index (κ2) is 10.3. The third kappa shape index (κ3) is 5.43. The summed E-state index contributed by atoms with van der Waals surface area (Å²) in [7, 11) is 1.57. The first kappa shape index (κ1) is 26.6. The number of nitrogens with one attached hydrogen (secondary N) is 1. The Kier molecular flexibility index (Phi) is 7.00. The Morgan fingerprint density at radius 2 is 1.97 bits per heavy atom. The van der Waals surface area contributed by atoms with Gasteiger partial charge in [-0.15, -0.1) is 0 Å². The van der Waals surface area contributed by atoms with Gasteiger partial charge in [0.2, 0.25) is 5.91 Å². The molecule has 2 aromatic rings. The summed E-state index contributed by atoms with van der Waals surface area (Å²) in [6.45, 7) is 6.31. The number of piperidine rings is 1. The number of anilines is 2. The van der Waals surface area contributed by atoms with E-state index in [2.05, 4.69) is 25.3 Å². The zero-order chi connectivity index (χ0) is 27.9. The van der Waals surface area contributed by atoms with Crippen LogP contribution in [0.25, 0.3) is 0 Å². The lowest BCUT2D eigenvalue weighted by Gasteiger charge is -2.40. The highest BCUT2D eigenvalue weighted by Gasteiger charge is 2.50. The lowest BCUT2D eigenvalue weighted by atomic mass is 9.84. The smallest absolute Gasteiger partial charge is 0.328 e. The normalized spacial score (nSPS) is 22.1. The number of carbonyl (C=O) groups excluding carboxylic acids is 3. The molecule has 0 radical (unpaired) electrons. The number of nitrogens with zero attached hydrogens (tertiary/aromatic N) is 7. The molecule has 208 valence electrons. The Balaban J connectivity index is 1.18. The predicted molar refractivity (Wildman–Crippen MR) is 141 cm³/mol. The molecule has 0 spiro atoms. The van der Waals surface area contributed by atoms with Gasteiger partial charge in [-0.2, -0.15) is 0 Å². The largest absolute Gasteiger partial charge is 0.370 e. The van der Waals surface area contributed by atoms with E-state index >= 15 is 0 Å². The van der Waals surface area contributed by atoms with Crippen LogP contribution in [0.5, 0.6) is 0 Å². The quantitative estimate of drug-likeness (QED) is 0.567. The average molecular weight is 541 g/mol. The maximum absolute atomic E-state index is 14.3. The number of amides is 4. The molecular formula is C26H33FN8O4. The second-order valence-electron chi connectivity index (χ2n) is 10.8. The third-order valence-corrected chi connectivity index (χ3v) is 7.63. The van der Waals surface area contributed by atoms with Crippen LogP contribution in [0.2, 0.25) is 0 Å². The van der Waals surface area contributed by atoms with Crippen LogP contribution < -0.4 is 10.2 Å². The topological polar surface area (TPSA) is 127 Å². The predicted octanol–water partition coefficient (Wildman–Crippen LogP) is 2.41. The number of aromatic nitrogens is 2. The zero-order valence-corrected chi connectivity index (χ0v) is 22.5.